The maximum atomic E-state index is 12.6. The Bertz CT molecular complexity index is 772. The molecular weight excluding hydrogens is 344 g/mol. The van der Waals surface area contributed by atoms with Gasteiger partial charge < -0.3 is 24.4 Å². The van der Waals surface area contributed by atoms with Gasteiger partial charge in [-0.3, -0.25) is 4.79 Å². The zero-order chi connectivity index (χ0) is 19.2. The van der Waals surface area contributed by atoms with Gasteiger partial charge in [0.25, 0.3) is 5.91 Å². The third-order valence-electron chi connectivity index (χ3n) is 4.80. The monoisotopic (exact) mass is 371 g/mol. The largest absolute Gasteiger partial charge is 0.497 e. The Morgan fingerprint density at radius 3 is 2.30 bits per heavy atom. The molecular formula is C21H27N2O4+. The Hall–Kier alpha value is -2.73. The van der Waals surface area contributed by atoms with Crippen LogP contribution in [-0.2, 0) is 11.3 Å². The normalized spacial score (nSPS) is 14.3. The molecule has 1 amide bonds. The van der Waals surface area contributed by atoms with E-state index in [2.05, 4.69) is 17.4 Å². The quantitative estimate of drug-likeness (QED) is 0.707. The molecule has 1 aliphatic carbocycles. The molecule has 0 bridgehead atoms. The lowest BCUT2D eigenvalue weighted by Gasteiger charge is -2.19. The topological polar surface area (TPSA) is 61.2 Å². The summed E-state index contributed by atoms with van der Waals surface area (Å²) in [4.78, 5) is 13.9. The molecule has 1 aliphatic rings. The number of methoxy groups -OCH3 is 3. The number of benzene rings is 2. The van der Waals surface area contributed by atoms with Gasteiger partial charge in [0.2, 0.25) is 0 Å². The number of hydrogen-bond acceptors (Lipinski definition) is 4. The molecule has 1 fully saturated rings. The first kappa shape index (κ1) is 19.0. The van der Waals surface area contributed by atoms with Crippen molar-refractivity contribution in [3.05, 3.63) is 48.0 Å². The number of hydrogen-bond donors (Lipinski definition) is 2. The Kier molecular flexibility index (Phi) is 6.19. The third kappa shape index (κ3) is 5.14. The molecule has 0 radical (unpaired) electrons. The van der Waals surface area contributed by atoms with Crippen LogP contribution in [0.3, 0.4) is 0 Å². The fourth-order valence-electron chi connectivity index (χ4n) is 3.17. The van der Waals surface area contributed by atoms with Crippen LogP contribution < -0.4 is 24.4 Å². The lowest BCUT2D eigenvalue weighted by Crippen LogP contribution is -3.13. The minimum absolute atomic E-state index is 0.00219. The number of anilines is 1. The zero-order valence-corrected chi connectivity index (χ0v) is 16.1. The van der Waals surface area contributed by atoms with E-state index in [1.54, 1.807) is 33.5 Å². The summed E-state index contributed by atoms with van der Waals surface area (Å²) in [6.45, 7) is 1.26. The van der Waals surface area contributed by atoms with E-state index in [1.165, 1.54) is 23.3 Å². The molecule has 6 heteroatoms. The van der Waals surface area contributed by atoms with Gasteiger partial charge in [-0.05, 0) is 36.4 Å². The van der Waals surface area contributed by atoms with E-state index in [-0.39, 0.29) is 5.91 Å². The zero-order valence-electron chi connectivity index (χ0n) is 16.1. The van der Waals surface area contributed by atoms with E-state index in [4.69, 9.17) is 14.2 Å². The van der Waals surface area contributed by atoms with E-state index in [1.807, 2.05) is 18.2 Å². The minimum atomic E-state index is -0.00219. The summed E-state index contributed by atoms with van der Waals surface area (Å²) >= 11 is 0. The van der Waals surface area contributed by atoms with Crippen molar-refractivity contribution in [3.63, 3.8) is 0 Å². The lowest BCUT2D eigenvalue weighted by atomic mass is 10.2. The Labute approximate surface area is 160 Å². The van der Waals surface area contributed by atoms with Crippen LogP contribution in [0.5, 0.6) is 17.2 Å². The second-order valence-corrected chi connectivity index (χ2v) is 6.75. The fraction of sp³-hybridized carbons (Fsp3) is 0.381. The highest BCUT2D eigenvalue weighted by Crippen LogP contribution is 2.29. The van der Waals surface area contributed by atoms with Crippen molar-refractivity contribution in [1.29, 1.82) is 0 Å². The van der Waals surface area contributed by atoms with E-state index in [9.17, 15) is 4.79 Å². The van der Waals surface area contributed by atoms with Crippen molar-refractivity contribution in [2.24, 2.45) is 0 Å². The third-order valence-corrected chi connectivity index (χ3v) is 4.80. The predicted molar refractivity (Wildman–Crippen MR) is 104 cm³/mol. The maximum absolute atomic E-state index is 12.6. The van der Waals surface area contributed by atoms with E-state index in [0.717, 1.165) is 12.3 Å². The highest BCUT2D eigenvalue weighted by atomic mass is 16.5. The first-order chi connectivity index (χ1) is 13.1. The number of ether oxygens (including phenoxy) is 3. The van der Waals surface area contributed by atoms with Crippen molar-refractivity contribution in [1.82, 2.24) is 0 Å². The van der Waals surface area contributed by atoms with Crippen LogP contribution in [0, 0.1) is 0 Å². The molecule has 2 aromatic carbocycles. The van der Waals surface area contributed by atoms with Crippen molar-refractivity contribution in [2.45, 2.75) is 25.4 Å². The van der Waals surface area contributed by atoms with Gasteiger partial charge in [-0.2, -0.15) is 0 Å². The summed E-state index contributed by atoms with van der Waals surface area (Å²) in [5, 5.41) is 2.97. The average Bonchev–Trinajstić information content (AvgIpc) is 3.53. The van der Waals surface area contributed by atoms with E-state index >= 15 is 0 Å². The van der Waals surface area contributed by atoms with Crippen LogP contribution in [0.25, 0.3) is 0 Å². The molecule has 3 rings (SSSR count). The van der Waals surface area contributed by atoms with Crippen molar-refractivity contribution >= 4 is 11.6 Å². The first-order valence-corrected chi connectivity index (χ1v) is 9.12. The van der Waals surface area contributed by atoms with Crippen LogP contribution in [-0.4, -0.2) is 39.8 Å². The van der Waals surface area contributed by atoms with Gasteiger partial charge in [-0.15, -0.1) is 0 Å². The summed E-state index contributed by atoms with van der Waals surface area (Å²) in [6.07, 6.45) is 2.35. The molecule has 6 nitrogen and oxygen atoms in total. The Morgan fingerprint density at radius 1 is 1.00 bits per heavy atom. The molecule has 2 aromatic rings. The van der Waals surface area contributed by atoms with Crippen molar-refractivity contribution in [3.8, 4) is 17.2 Å². The molecule has 27 heavy (non-hydrogen) atoms. The molecule has 144 valence electrons. The van der Waals surface area contributed by atoms with Gasteiger partial charge >= 0.3 is 0 Å². The molecule has 0 aliphatic heterocycles. The second kappa shape index (κ2) is 8.77. The maximum Gasteiger partial charge on any atom is 0.279 e. The highest BCUT2D eigenvalue weighted by molar-refractivity contribution is 5.91. The number of rotatable bonds is 9. The molecule has 1 saturated carbocycles. The smallest absolute Gasteiger partial charge is 0.279 e. The van der Waals surface area contributed by atoms with E-state index in [0.29, 0.717) is 29.8 Å². The van der Waals surface area contributed by atoms with Crippen LogP contribution >= 0.6 is 0 Å². The molecule has 0 aromatic heterocycles. The second-order valence-electron chi connectivity index (χ2n) is 6.75. The van der Waals surface area contributed by atoms with Gasteiger partial charge in [0.05, 0.1) is 27.4 Å². The fourth-order valence-corrected chi connectivity index (χ4v) is 3.17. The number of amides is 1. The summed E-state index contributed by atoms with van der Waals surface area (Å²) in [7, 11) is 4.83. The summed E-state index contributed by atoms with van der Waals surface area (Å²) in [5.74, 6) is 2.08. The first-order valence-electron chi connectivity index (χ1n) is 9.12. The van der Waals surface area contributed by atoms with Crippen LogP contribution in [0.1, 0.15) is 18.4 Å². The van der Waals surface area contributed by atoms with Gasteiger partial charge in [0, 0.05) is 30.2 Å². The van der Waals surface area contributed by atoms with E-state index < -0.39 is 0 Å². The van der Waals surface area contributed by atoms with Gasteiger partial charge in [-0.25, -0.2) is 0 Å². The number of nitrogens with one attached hydrogen (secondary N) is 2. The lowest BCUT2D eigenvalue weighted by molar-refractivity contribution is -0.916. The number of quaternary nitrogens is 1. The van der Waals surface area contributed by atoms with Crippen molar-refractivity contribution < 1.29 is 23.9 Å². The molecule has 0 saturated heterocycles. The molecule has 1 atom stereocenters. The standard InChI is InChI=1S/C21H26N2O4/c1-25-18-9-4-15(5-10-18)13-23(17-7-8-17)14-21(24)22-16-6-11-19(26-2)20(12-16)27-3/h4-6,9-12,17H,7-8,13-14H2,1-3H3,(H,22,24)/p+1. The summed E-state index contributed by atoms with van der Waals surface area (Å²) in [6, 6.07) is 14.0. The van der Waals surface area contributed by atoms with Crippen molar-refractivity contribution in [2.75, 3.05) is 33.2 Å². The van der Waals surface area contributed by atoms with Gasteiger partial charge in [0.1, 0.15) is 12.3 Å². The number of carbonyl (C=O) groups excluding carboxylic acids is 1. The molecule has 1 unspecified atom stereocenters. The Balaban J connectivity index is 1.61. The highest BCUT2D eigenvalue weighted by Gasteiger charge is 2.34. The van der Waals surface area contributed by atoms with Crippen LogP contribution in [0.2, 0.25) is 0 Å². The van der Waals surface area contributed by atoms with Gasteiger partial charge in [-0.1, -0.05) is 0 Å². The summed E-state index contributed by atoms with van der Waals surface area (Å²) in [5.41, 5.74) is 1.91. The molecule has 0 heterocycles. The van der Waals surface area contributed by atoms with Crippen LogP contribution in [0.15, 0.2) is 42.5 Å². The van der Waals surface area contributed by atoms with Gasteiger partial charge in [0.15, 0.2) is 18.0 Å². The molecule has 0 spiro atoms. The minimum Gasteiger partial charge on any atom is -0.497 e. The Morgan fingerprint density at radius 2 is 1.70 bits per heavy atom. The predicted octanol–water partition coefficient (Wildman–Crippen LogP) is 1.90. The SMILES string of the molecule is COc1ccc(C[NH+](CC(=O)Nc2ccc(OC)c(OC)c2)C2CC2)cc1. The summed E-state index contributed by atoms with van der Waals surface area (Å²) < 4.78 is 15.7. The molecule has 2 N–H and O–H groups in total. The number of carbonyl (C=O) groups is 1. The van der Waals surface area contributed by atoms with Crippen LogP contribution in [0.4, 0.5) is 5.69 Å². The average molecular weight is 371 g/mol.